The van der Waals surface area contributed by atoms with Crippen LogP contribution in [0, 0.1) is 18.3 Å². The van der Waals surface area contributed by atoms with E-state index in [-0.39, 0.29) is 0 Å². The minimum absolute atomic E-state index is 0.832. The summed E-state index contributed by atoms with van der Waals surface area (Å²) in [5.74, 6) is 0. The molecule has 0 aromatic heterocycles. The Bertz CT molecular complexity index is 480. The molecule has 1 fully saturated rings. The lowest BCUT2D eigenvalue weighted by molar-refractivity contribution is 0.313. The molecule has 3 nitrogen and oxygen atoms in total. The summed E-state index contributed by atoms with van der Waals surface area (Å²) in [5, 5.41) is 9.40. The monoisotopic (exact) mass is 257 g/mol. The maximum absolute atomic E-state index is 9.40. The van der Waals surface area contributed by atoms with Crippen LogP contribution in [0.2, 0.25) is 0 Å². The Balaban J connectivity index is 2.30. The van der Waals surface area contributed by atoms with E-state index in [4.69, 9.17) is 0 Å². The molecule has 0 radical (unpaired) electrons. The Kier molecular flexibility index (Phi) is 4.44. The number of likely N-dealkylation sites (N-methyl/N-ethyl adjacent to an activating group) is 1. The molecule has 3 heteroatoms. The first-order valence-corrected chi connectivity index (χ1v) is 7.12. The summed E-state index contributed by atoms with van der Waals surface area (Å²) in [4.78, 5) is 4.68. The molecular formula is C16H23N3. The highest BCUT2D eigenvalue weighted by atomic mass is 15.2. The zero-order chi connectivity index (χ0) is 13.8. The number of piperazine rings is 1. The lowest BCUT2D eigenvalue weighted by Crippen LogP contribution is -2.44. The molecule has 0 unspecified atom stereocenters. The smallest absolute Gasteiger partial charge is 0.101 e. The van der Waals surface area contributed by atoms with Crippen molar-refractivity contribution in [2.45, 2.75) is 26.7 Å². The molecule has 1 heterocycles. The van der Waals surface area contributed by atoms with Crippen molar-refractivity contribution in [2.75, 3.05) is 38.1 Å². The first kappa shape index (κ1) is 13.9. The highest BCUT2D eigenvalue weighted by Crippen LogP contribution is 2.26. The third-order valence-electron chi connectivity index (χ3n) is 3.94. The van der Waals surface area contributed by atoms with Crippen LogP contribution < -0.4 is 4.90 Å². The number of hydrogen-bond donors (Lipinski definition) is 0. The molecule has 1 saturated heterocycles. The number of aryl methyl sites for hydroxylation is 2. The van der Waals surface area contributed by atoms with Crippen LogP contribution in [0.5, 0.6) is 0 Å². The second kappa shape index (κ2) is 6.08. The van der Waals surface area contributed by atoms with Crippen LogP contribution in [-0.4, -0.2) is 38.1 Å². The maximum Gasteiger partial charge on any atom is 0.101 e. The van der Waals surface area contributed by atoms with Crippen LogP contribution in [0.3, 0.4) is 0 Å². The minimum atomic E-state index is 0.832. The van der Waals surface area contributed by atoms with E-state index >= 15 is 0 Å². The predicted octanol–water partition coefficient (Wildman–Crippen LogP) is 2.57. The van der Waals surface area contributed by atoms with Gasteiger partial charge in [0.15, 0.2) is 0 Å². The standard InChI is InChI=1S/C16H23N3/c1-4-5-14-11-15(12-17)16(10-13(14)2)19-8-6-18(3)7-9-19/h10-11H,4-9H2,1-3H3. The van der Waals surface area contributed by atoms with E-state index in [2.05, 4.69) is 48.9 Å². The first-order chi connectivity index (χ1) is 9.15. The molecule has 0 N–H and O–H groups in total. The van der Waals surface area contributed by atoms with Gasteiger partial charge in [-0.2, -0.15) is 5.26 Å². The number of nitrogens with zero attached hydrogens (tertiary/aromatic N) is 3. The maximum atomic E-state index is 9.40. The van der Waals surface area contributed by atoms with Crippen molar-refractivity contribution >= 4 is 5.69 Å². The van der Waals surface area contributed by atoms with Gasteiger partial charge in [-0.25, -0.2) is 0 Å². The molecule has 0 amide bonds. The second-order valence-corrected chi connectivity index (χ2v) is 5.45. The van der Waals surface area contributed by atoms with Crippen molar-refractivity contribution in [3.05, 3.63) is 28.8 Å². The molecular weight excluding hydrogens is 234 g/mol. The topological polar surface area (TPSA) is 30.3 Å². The van der Waals surface area contributed by atoms with Crippen molar-refractivity contribution < 1.29 is 0 Å². The van der Waals surface area contributed by atoms with Gasteiger partial charge in [0.2, 0.25) is 0 Å². The Morgan fingerprint density at radius 2 is 1.89 bits per heavy atom. The molecule has 102 valence electrons. The molecule has 0 atom stereocenters. The van der Waals surface area contributed by atoms with Gasteiger partial charge in [0.1, 0.15) is 6.07 Å². The van der Waals surface area contributed by atoms with E-state index in [0.717, 1.165) is 50.3 Å². The van der Waals surface area contributed by atoms with Crippen LogP contribution >= 0.6 is 0 Å². The van der Waals surface area contributed by atoms with Crippen LogP contribution in [0.25, 0.3) is 0 Å². The fourth-order valence-corrected chi connectivity index (χ4v) is 2.67. The molecule has 1 aromatic rings. The zero-order valence-electron chi connectivity index (χ0n) is 12.2. The van der Waals surface area contributed by atoms with Crippen molar-refractivity contribution in [3.63, 3.8) is 0 Å². The van der Waals surface area contributed by atoms with Gasteiger partial charge >= 0.3 is 0 Å². The van der Waals surface area contributed by atoms with Gasteiger partial charge in [0.25, 0.3) is 0 Å². The average Bonchev–Trinajstić information content (AvgIpc) is 2.42. The Morgan fingerprint density at radius 3 is 2.47 bits per heavy atom. The summed E-state index contributed by atoms with van der Waals surface area (Å²) in [7, 11) is 2.15. The largest absolute Gasteiger partial charge is 0.368 e. The third kappa shape index (κ3) is 3.08. The molecule has 2 rings (SSSR count). The zero-order valence-corrected chi connectivity index (χ0v) is 12.2. The highest BCUT2D eigenvalue weighted by molar-refractivity contribution is 5.62. The van der Waals surface area contributed by atoms with Gasteiger partial charge < -0.3 is 9.80 Å². The lowest BCUT2D eigenvalue weighted by Gasteiger charge is -2.34. The Hall–Kier alpha value is -1.53. The number of anilines is 1. The van der Waals surface area contributed by atoms with Crippen molar-refractivity contribution in [1.82, 2.24) is 4.90 Å². The first-order valence-electron chi connectivity index (χ1n) is 7.12. The van der Waals surface area contributed by atoms with E-state index in [1.54, 1.807) is 0 Å². The van der Waals surface area contributed by atoms with Gasteiger partial charge in [-0.3, -0.25) is 0 Å². The summed E-state index contributed by atoms with van der Waals surface area (Å²) in [6.45, 7) is 8.50. The van der Waals surface area contributed by atoms with Crippen molar-refractivity contribution in [2.24, 2.45) is 0 Å². The Morgan fingerprint density at radius 1 is 1.21 bits per heavy atom. The van der Waals surface area contributed by atoms with Gasteiger partial charge in [-0.15, -0.1) is 0 Å². The quantitative estimate of drug-likeness (QED) is 0.833. The summed E-state index contributed by atoms with van der Waals surface area (Å²) < 4.78 is 0. The summed E-state index contributed by atoms with van der Waals surface area (Å²) >= 11 is 0. The number of rotatable bonds is 3. The second-order valence-electron chi connectivity index (χ2n) is 5.45. The van der Waals surface area contributed by atoms with Crippen LogP contribution in [0.15, 0.2) is 12.1 Å². The molecule has 0 bridgehead atoms. The van der Waals surface area contributed by atoms with Gasteiger partial charge in [-0.05, 0) is 43.7 Å². The van der Waals surface area contributed by atoms with Gasteiger partial charge in [0, 0.05) is 26.2 Å². The summed E-state index contributed by atoms with van der Waals surface area (Å²) in [6.07, 6.45) is 2.18. The van der Waals surface area contributed by atoms with E-state index in [9.17, 15) is 5.26 Å². The van der Waals surface area contributed by atoms with Crippen LogP contribution in [0.1, 0.15) is 30.0 Å². The SMILES string of the molecule is CCCc1cc(C#N)c(N2CCN(C)CC2)cc1C. The number of nitriles is 1. The summed E-state index contributed by atoms with van der Waals surface area (Å²) in [5.41, 5.74) is 4.58. The molecule has 1 aliphatic rings. The normalized spacial score (nSPS) is 16.4. The van der Waals surface area contributed by atoms with Crippen LogP contribution in [0.4, 0.5) is 5.69 Å². The van der Waals surface area contributed by atoms with Gasteiger partial charge in [0.05, 0.1) is 11.3 Å². The van der Waals surface area contributed by atoms with E-state index in [1.807, 2.05) is 0 Å². The molecule has 1 aliphatic heterocycles. The fourth-order valence-electron chi connectivity index (χ4n) is 2.67. The number of hydrogen-bond acceptors (Lipinski definition) is 3. The molecule has 1 aromatic carbocycles. The van der Waals surface area contributed by atoms with Crippen molar-refractivity contribution in [3.8, 4) is 6.07 Å². The fraction of sp³-hybridized carbons (Fsp3) is 0.562. The predicted molar refractivity (Wildman–Crippen MR) is 79.6 cm³/mol. The van der Waals surface area contributed by atoms with Crippen LogP contribution in [-0.2, 0) is 6.42 Å². The molecule has 19 heavy (non-hydrogen) atoms. The van der Waals surface area contributed by atoms with Crippen molar-refractivity contribution in [1.29, 1.82) is 5.26 Å². The molecule has 0 spiro atoms. The highest BCUT2D eigenvalue weighted by Gasteiger charge is 2.18. The minimum Gasteiger partial charge on any atom is -0.368 e. The van der Waals surface area contributed by atoms with E-state index < -0.39 is 0 Å². The van der Waals surface area contributed by atoms with E-state index in [1.165, 1.54) is 11.1 Å². The Labute approximate surface area is 116 Å². The molecule has 0 saturated carbocycles. The third-order valence-corrected chi connectivity index (χ3v) is 3.94. The molecule has 0 aliphatic carbocycles. The summed E-state index contributed by atoms with van der Waals surface area (Å²) in [6, 6.07) is 6.67. The van der Waals surface area contributed by atoms with Gasteiger partial charge in [-0.1, -0.05) is 13.3 Å². The average molecular weight is 257 g/mol. The number of benzene rings is 1. The van der Waals surface area contributed by atoms with E-state index in [0.29, 0.717) is 0 Å². The lowest BCUT2D eigenvalue weighted by atomic mass is 9.99.